The number of ketones is 2. The first-order valence-electron chi connectivity index (χ1n) is 19.2. The number of halogens is 2. The van der Waals surface area contributed by atoms with E-state index in [-0.39, 0.29) is 35.6 Å². The molecule has 2 fully saturated rings. The summed E-state index contributed by atoms with van der Waals surface area (Å²) in [5.74, 6) is 0.669. The van der Waals surface area contributed by atoms with Gasteiger partial charge in [-0.15, -0.1) is 0 Å². The summed E-state index contributed by atoms with van der Waals surface area (Å²) in [6, 6.07) is 4.09. The minimum Gasteiger partial charge on any atom is -0.511 e. The lowest BCUT2D eigenvalue weighted by Crippen LogP contribution is -2.32. The monoisotopic (exact) mass is 956 g/mol. The van der Waals surface area contributed by atoms with Crippen molar-refractivity contribution in [2.45, 2.75) is 118 Å². The van der Waals surface area contributed by atoms with E-state index in [4.69, 9.17) is 13.7 Å². The molecule has 0 heterocycles. The van der Waals surface area contributed by atoms with Gasteiger partial charge < -0.3 is 18.8 Å². The second kappa shape index (κ2) is 19.0. The zero-order valence-electron chi connectivity index (χ0n) is 35.1. The van der Waals surface area contributed by atoms with Crippen molar-refractivity contribution in [3.63, 3.8) is 0 Å². The fourth-order valence-corrected chi connectivity index (χ4v) is 10.4. The van der Waals surface area contributed by atoms with Crippen LogP contribution in [0.2, 0.25) is 0 Å². The van der Waals surface area contributed by atoms with Gasteiger partial charge in [0.2, 0.25) is 0 Å². The fourth-order valence-electron chi connectivity index (χ4n) is 9.21. The van der Waals surface area contributed by atoms with Crippen molar-refractivity contribution in [2.24, 2.45) is 10.8 Å². The Bertz CT molecular complexity index is 2090. The Balaban J connectivity index is 0.000000228. The van der Waals surface area contributed by atoms with Crippen LogP contribution in [0.15, 0.2) is 32.6 Å². The van der Waals surface area contributed by atoms with Crippen LogP contribution in [0.5, 0.6) is 0 Å². The summed E-state index contributed by atoms with van der Waals surface area (Å²) < 4.78 is 56.5. The molecule has 2 saturated carbocycles. The lowest BCUT2D eigenvalue weighted by molar-refractivity contribution is -0.116. The first-order valence-corrected chi connectivity index (χ1v) is 24.1. The minimum atomic E-state index is -3.76. The summed E-state index contributed by atoms with van der Waals surface area (Å²) in [6.45, 7) is 12.0. The predicted molar refractivity (Wildman–Crippen MR) is 233 cm³/mol. The normalized spacial score (nSPS) is 25.4. The Morgan fingerprint density at radius 3 is 1.46 bits per heavy atom. The van der Waals surface area contributed by atoms with Crippen LogP contribution >= 0.6 is 31.9 Å². The first-order chi connectivity index (χ1) is 26.6. The maximum absolute atomic E-state index is 13.2. The molecule has 0 aliphatic heterocycles. The van der Waals surface area contributed by atoms with Crippen molar-refractivity contribution in [3.05, 3.63) is 77.1 Å². The summed E-state index contributed by atoms with van der Waals surface area (Å²) in [4.78, 5) is 26.1. The third-order valence-electron chi connectivity index (χ3n) is 12.2. The summed E-state index contributed by atoms with van der Waals surface area (Å²) in [7, 11) is 1.06. The summed E-state index contributed by atoms with van der Waals surface area (Å²) in [5, 5.41) is 11.1. The molecule has 1 N–H and O–H groups in total. The van der Waals surface area contributed by atoms with Gasteiger partial charge in [0.1, 0.15) is 11.5 Å². The number of allylic oxidation sites excluding steroid dienone is 4. The van der Waals surface area contributed by atoms with E-state index in [1.807, 2.05) is 47.6 Å². The smallest absolute Gasteiger partial charge is 0.305 e. The van der Waals surface area contributed by atoms with Gasteiger partial charge in [0.05, 0.1) is 36.7 Å². The van der Waals surface area contributed by atoms with E-state index >= 15 is 0 Å². The summed E-state index contributed by atoms with van der Waals surface area (Å²) in [5.41, 5.74) is 7.89. The van der Waals surface area contributed by atoms with E-state index in [1.54, 1.807) is 14.2 Å². The van der Waals surface area contributed by atoms with Gasteiger partial charge in [0.25, 0.3) is 0 Å². The van der Waals surface area contributed by atoms with Gasteiger partial charge in [-0.25, -0.2) is 4.21 Å². The van der Waals surface area contributed by atoms with E-state index in [9.17, 15) is 27.3 Å². The number of hydrogen-bond donors (Lipinski definition) is 1. The van der Waals surface area contributed by atoms with Crippen LogP contribution < -0.4 is 0 Å². The summed E-state index contributed by atoms with van der Waals surface area (Å²) >= 11 is 6.16. The topological polar surface area (TPSA) is 143 Å². The van der Waals surface area contributed by atoms with Crippen molar-refractivity contribution in [1.29, 1.82) is 0 Å². The molecule has 0 amide bonds. The number of carbonyl (C=O) groups is 2. The lowest BCUT2D eigenvalue weighted by Gasteiger charge is -2.37. The van der Waals surface area contributed by atoms with Crippen molar-refractivity contribution in [1.82, 2.24) is 0 Å². The highest BCUT2D eigenvalue weighted by Gasteiger charge is 2.51. The van der Waals surface area contributed by atoms with E-state index in [0.717, 1.165) is 98.2 Å². The largest absolute Gasteiger partial charge is 0.511 e. The van der Waals surface area contributed by atoms with Crippen molar-refractivity contribution in [3.8, 4) is 0 Å². The zero-order chi connectivity index (χ0) is 42.8. The molecule has 4 aliphatic carbocycles. The van der Waals surface area contributed by atoms with Gasteiger partial charge in [-0.05, 0) is 137 Å². The number of hydrogen-bond acceptors (Lipinski definition) is 10. The third kappa shape index (κ3) is 10.2. The number of rotatable bonds is 7. The Labute approximate surface area is 358 Å². The molecule has 57 heavy (non-hydrogen) atoms. The molecule has 1 atom stereocenters. The maximum atomic E-state index is 13.2. The van der Waals surface area contributed by atoms with Gasteiger partial charge in [-0.1, -0.05) is 44.0 Å². The van der Waals surface area contributed by atoms with Gasteiger partial charge >= 0.3 is 10.1 Å². The number of benzene rings is 2. The van der Waals surface area contributed by atoms with Crippen molar-refractivity contribution in [2.75, 3.05) is 33.8 Å². The number of aliphatic hydroxyl groups excluding tert-OH is 1. The molecule has 1 unspecified atom stereocenters. The van der Waals surface area contributed by atoms with Gasteiger partial charge in [0, 0.05) is 53.1 Å². The van der Waals surface area contributed by atoms with E-state index in [2.05, 4.69) is 42.1 Å². The highest BCUT2D eigenvalue weighted by Crippen LogP contribution is 2.56. The molecule has 0 aromatic heterocycles. The van der Waals surface area contributed by atoms with Gasteiger partial charge in [-0.2, -0.15) is 8.42 Å². The van der Waals surface area contributed by atoms with Crippen LogP contribution in [0.3, 0.4) is 0 Å². The Morgan fingerprint density at radius 1 is 0.702 bits per heavy atom. The average Bonchev–Trinajstić information content (AvgIpc) is 3.53. The van der Waals surface area contributed by atoms with E-state index < -0.39 is 26.6 Å². The average molecular weight is 959 g/mol. The van der Waals surface area contributed by atoms with Crippen LogP contribution in [0.1, 0.15) is 109 Å². The molecular weight excluding hydrogens is 900 g/mol. The van der Waals surface area contributed by atoms with Gasteiger partial charge in [-0.3, -0.25) is 13.8 Å². The van der Waals surface area contributed by atoms with Crippen LogP contribution in [0.4, 0.5) is 0 Å². The van der Waals surface area contributed by atoms with Crippen LogP contribution in [-0.4, -0.2) is 75.3 Å². The Hall–Kier alpha value is -2.20. The van der Waals surface area contributed by atoms with Crippen LogP contribution in [0, 0.1) is 52.4 Å². The second-order valence-corrected chi connectivity index (χ2v) is 20.4. The number of aliphatic hydroxyl groups is 1. The summed E-state index contributed by atoms with van der Waals surface area (Å²) in [6.07, 6.45) is 9.96. The molecular formula is C43H58Br2O10S2. The lowest BCUT2D eigenvalue weighted by atomic mass is 9.71. The molecule has 2 spiro atoms. The molecule has 10 nitrogen and oxygen atoms in total. The fraction of sp³-hybridized carbons (Fsp3) is 0.581. The number of aryl methyl sites for hydroxylation is 4. The standard InChI is InChI=1S/C21H27BrO5S.C20H25BrO3.C2H6O2S/c1-12-10-13(2)19(22)14(3)17(12)18-16(23)11-21(20(18)27-28(5,24)25)8-6-15(26-4)7-9-21;1-11-9-12(2)18(21)13(3)16(11)17-15(22)10-20(19(17)23)7-5-14(24-4)6-8-20;1-4-5(2)3/h10,15H,6-9,11H2,1-5H3;9,14,23H,5-8,10H2,1-4H3;1-2H3. The molecule has 0 bridgehead atoms. The second-order valence-electron chi connectivity index (χ2n) is 16.1. The van der Waals surface area contributed by atoms with Crippen molar-refractivity contribution < 1.29 is 45.2 Å². The SMILES string of the molecule is COC1CCC2(CC1)CC(=O)C(c1c(C)cc(C)c(Br)c1C)=C2O.COC1CCC2(CC1)CC(=O)C(c1c(C)cc(C)c(Br)c1C)=C2OS(C)(=O)=O.COS(C)=O. The third-order valence-corrected chi connectivity index (χ3v) is 15.6. The first kappa shape index (κ1) is 47.5. The molecule has 14 heteroatoms. The predicted octanol–water partition coefficient (Wildman–Crippen LogP) is 9.73. The van der Waals surface area contributed by atoms with E-state index in [1.165, 1.54) is 13.4 Å². The number of Topliss-reactive ketones (excluding diaryl/α,β-unsaturated/α-hetero) is 2. The molecule has 2 aromatic carbocycles. The molecule has 316 valence electrons. The minimum absolute atomic E-state index is 0.0449. The Morgan fingerprint density at radius 2 is 1.07 bits per heavy atom. The quantitative estimate of drug-likeness (QED) is 0.267. The van der Waals surface area contributed by atoms with Crippen LogP contribution in [0.25, 0.3) is 11.1 Å². The molecule has 0 saturated heterocycles. The van der Waals surface area contributed by atoms with E-state index in [0.29, 0.717) is 41.9 Å². The Kier molecular flexibility index (Phi) is 15.8. The van der Waals surface area contributed by atoms with Crippen LogP contribution in [-0.2, 0) is 48.6 Å². The molecule has 0 radical (unpaired) electrons. The molecule has 6 rings (SSSR count). The number of carbonyl (C=O) groups excluding carboxylic acids is 2. The van der Waals surface area contributed by atoms with Gasteiger partial charge in [0.15, 0.2) is 22.6 Å². The number of ether oxygens (including phenoxy) is 2. The van der Waals surface area contributed by atoms with Crippen molar-refractivity contribution >= 4 is 75.8 Å². The highest BCUT2D eigenvalue weighted by atomic mass is 79.9. The highest BCUT2D eigenvalue weighted by molar-refractivity contribution is 9.10. The number of methoxy groups -OCH3 is 2. The zero-order valence-corrected chi connectivity index (χ0v) is 39.9. The maximum Gasteiger partial charge on any atom is 0.305 e. The molecule has 2 aromatic rings. The molecule has 4 aliphatic rings.